The van der Waals surface area contributed by atoms with E-state index < -0.39 is 11.9 Å². The highest BCUT2D eigenvalue weighted by atomic mass is 16.5. The van der Waals surface area contributed by atoms with Crippen molar-refractivity contribution in [2.24, 2.45) is 0 Å². The molecular weight excluding hydrogens is 406 g/mol. The Labute approximate surface area is 187 Å². The second-order valence-corrected chi connectivity index (χ2v) is 7.37. The van der Waals surface area contributed by atoms with Gasteiger partial charge in [-0.25, -0.2) is 0 Å². The first-order chi connectivity index (χ1) is 15.6. The first kappa shape index (κ1) is 23.0. The van der Waals surface area contributed by atoms with Crippen LogP contribution in [0.25, 0.3) is 10.8 Å². The highest BCUT2D eigenvalue weighted by Crippen LogP contribution is 2.18. The summed E-state index contributed by atoms with van der Waals surface area (Å²) in [6, 6.07) is 22.2. The number of hydrogen-bond donors (Lipinski definition) is 3. The van der Waals surface area contributed by atoms with Crippen molar-refractivity contribution in [3.63, 3.8) is 0 Å². The van der Waals surface area contributed by atoms with Gasteiger partial charge in [0.05, 0.1) is 19.6 Å². The first-order valence-electron chi connectivity index (χ1n) is 10.4. The third-order valence-electron chi connectivity index (χ3n) is 4.97. The summed E-state index contributed by atoms with van der Waals surface area (Å²) in [5.41, 5.74) is 1.84. The van der Waals surface area contributed by atoms with Crippen LogP contribution in [-0.2, 0) is 32.1 Å². The van der Waals surface area contributed by atoms with Gasteiger partial charge in [0.1, 0.15) is 6.04 Å². The number of amides is 3. The van der Waals surface area contributed by atoms with Gasteiger partial charge in [0.15, 0.2) is 0 Å². The largest absolute Gasteiger partial charge is 0.382 e. The van der Waals surface area contributed by atoms with Gasteiger partial charge >= 0.3 is 0 Å². The summed E-state index contributed by atoms with van der Waals surface area (Å²) in [7, 11) is 1.46. The Bertz CT molecular complexity index is 1060. The van der Waals surface area contributed by atoms with Crippen molar-refractivity contribution >= 4 is 28.5 Å². The summed E-state index contributed by atoms with van der Waals surface area (Å²) >= 11 is 0. The number of carbonyl (C=O) groups is 3. The van der Waals surface area contributed by atoms with Crippen LogP contribution in [0.15, 0.2) is 72.8 Å². The molecule has 0 aliphatic rings. The summed E-state index contributed by atoms with van der Waals surface area (Å²) in [6.07, 6.45) is 0.182. The molecule has 166 valence electrons. The number of carbonyl (C=O) groups excluding carboxylic acids is 3. The molecule has 1 unspecified atom stereocenters. The summed E-state index contributed by atoms with van der Waals surface area (Å²) < 4.78 is 5.09. The SMILES string of the molecule is COCC(NC(=O)CNC(=O)Cc1ccccc1)C(=O)NCc1cccc2ccccc12. The maximum atomic E-state index is 12.7. The number of nitrogens with one attached hydrogen (secondary N) is 3. The maximum absolute atomic E-state index is 12.7. The molecule has 0 aliphatic carbocycles. The molecule has 7 heteroatoms. The third kappa shape index (κ3) is 6.65. The van der Waals surface area contributed by atoms with Gasteiger partial charge in [0.2, 0.25) is 17.7 Å². The molecule has 0 heterocycles. The standard InChI is InChI=1S/C25H27N3O4/c1-32-17-22(28-24(30)16-26-23(29)14-18-8-3-2-4-9-18)25(31)27-15-20-12-7-11-19-10-5-6-13-21(19)20/h2-13,22H,14-17H2,1H3,(H,26,29)(H,27,31)(H,28,30). The third-order valence-corrected chi connectivity index (χ3v) is 4.97. The van der Waals surface area contributed by atoms with E-state index in [9.17, 15) is 14.4 Å². The Morgan fingerprint density at radius 2 is 1.56 bits per heavy atom. The van der Waals surface area contributed by atoms with E-state index in [4.69, 9.17) is 4.74 Å². The minimum Gasteiger partial charge on any atom is -0.382 e. The Hall–Kier alpha value is -3.71. The average molecular weight is 434 g/mol. The van der Waals surface area contributed by atoms with E-state index in [0.29, 0.717) is 6.54 Å². The van der Waals surface area contributed by atoms with Crippen molar-refractivity contribution in [3.8, 4) is 0 Å². The molecule has 3 aromatic rings. The van der Waals surface area contributed by atoms with Gasteiger partial charge < -0.3 is 20.7 Å². The molecule has 3 rings (SSSR count). The monoisotopic (exact) mass is 433 g/mol. The van der Waals surface area contributed by atoms with Gasteiger partial charge in [-0.15, -0.1) is 0 Å². The van der Waals surface area contributed by atoms with E-state index in [0.717, 1.165) is 21.9 Å². The van der Waals surface area contributed by atoms with Crippen LogP contribution in [-0.4, -0.2) is 44.0 Å². The zero-order valence-electron chi connectivity index (χ0n) is 18.0. The molecule has 0 fully saturated rings. The average Bonchev–Trinajstić information content (AvgIpc) is 2.81. The summed E-state index contributed by atoms with van der Waals surface area (Å²) in [4.78, 5) is 37.0. The smallest absolute Gasteiger partial charge is 0.245 e. The van der Waals surface area contributed by atoms with Crippen molar-refractivity contribution < 1.29 is 19.1 Å². The van der Waals surface area contributed by atoms with Crippen molar-refractivity contribution in [3.05, 3.63) is 83.9 Å². The Morgan fingerprint density at radius 3 is 2.34 bits per heavy atom. The lowest BCUT2D eigenvalue weighted by molar-refractivity contribution is -0.130. The lowest BCUT2D eigenvalue weighted by atomic mass is 10.0. The predicted molar refractivity (Wildman–Crippen MR) is 123 cm³/mol. The van der Waals surface area contributed by atoms with Crippen molar-refractivity contribution in [2.45, 2.75) is 19.0 Å². The maximum Gasteiger partial charge on any atom is 0.245 e. The van der Waals surface area contributed by atoms with Crippen LogP contribution in [0.2, 0.25) is 0 Å². The van der Waals surface area contributed by atoms with E-state index >= 15 is 0 Å². The molecule has 0 saturated heterocycles. The molecular formula is C25H27N3O4. The molecule has 0 aliphatic heterocycles. The molecule has 3 amide bonds. The molecule has 0 aromatic heterocycles. The lowest BCUT2D eigenvalue weighted by Gasteiger charge is -2.18. The van der Waals surface area contributed by atoms with Gasteiger partial charge in [0, 0.05) is 13.7 Å². The number of ether oxygens (including phenoxy) is 1. The minimum absolute atomic E-state index is 0.0189. The molecule has 1 atom stereocenters. The number of fused-ring (bicyclic) bond motifs is 1. The Kier molecular flexibility index (Phi) is 8.34. The lowest BCUT2D eigenvalue weighted by Crippen LogP contribution is -2.51. The van der Waals surface area contributed by atoms with Crippen LogP contribution in [0, 0.1) is 0 Å². The van der Waals surface area contributed by atoms with E-state index in [-0.39, 0.29) is 31.4 Å². The van der Waals surface area contributed by atoms with Crippen molar-refractivity contribution in [1.29, 1.82) is 0 Å². The molecule has 0 bridgehead atoms. The predicted octanol–water partition coefficient (Wildman–Crippen LogP) is 1.95. The number of methoxy groups -OCH3 is 1. The minimum atomic E-state index is -0.867. The highest BCUT2D eigenvalue weighted by Gasteiger charge is 2.21. The van der Waals surface area contributed by atoms with E-state index in [1.54, 1.807) is 0 Å². The van der Waals surface area contributed by atoms with E-state index in [1.807, 2.05) is 72.8 Å². The van der Waals surface area contributed by atoms with E-state index in [1.165, 1.54) is 7.11 Å². The van der Waals surface area contributed by atoms with Crippen LogP contribution in [0.1, 0.15) is 11.1 Å². The summed E-state index contributed by atoms with van der Waals surface area (Å²) in [5, 5.41) is 10.2. The van der Waals surface area contributed by atoms with Gasteiger partial charge in [-0.05, 0) is 21.9 Å². The molecule has 0 saturated carbocycles. The van der Waals surface area contributed by atoms with Gasteiger partial charge in [-0.2, -0.15) is 0 Å². The zero-order valence-corrected chi connectivity index (χ0v) is 18.0. The first-order valence-corrected chi connectivity index (χ1v) is 10.4. The van der Waals surface area contributed by atoms with Gasteiger partial charge in [0.25, 0.3) is 0 Å². The molecule has 3 N–H and O–H groups in total. The van der Waals surface area contributed by atoms with Gasteiger partial charge in [-0.1, -0.05) is 72.8 Å². The van der Waals surface area contributed by atoms with Crippen molar-refractivity contribution in [2.75, 3.05) is 20.3 Å². The van der Waals surface area contributed by atoms with Crippen molar-refractivity contribution in [1.82, 2.24) is 16.0 Å². The van der Waals surface area contributed by atoms with Crippen LogP contribution >= 0.6 is 0 Å². The second kappa shape index (κ2) is 11.6. The summed E-state index contributed by atoms with van der Waals surface area (Å²) in [5.74, 6) is -1.09. The molecule has 32 heavy (non-hydrogen) atoms. The number of rotatable bonds is 10. The summed E-state index contributed by atoms with van der Waals surface area (Å²) in [6.45, 7) is 0.123. The Morgan fingerprint density at radius 1 is 0.844 bits per heavy atom. The molecule has 0 spiro atoms. The fourth-order valence-electron chi connectivity index (χ4n) is 3.37. The molecule has 0 radical (unpaired) electrons. The number of hydrogen-bond acceptors (Lipinski definition) is 4. The second-order valence-electron chi connectivity index (χ2n) is 7.37. The molecule has 7 nitrogen and oxygen atoms in total. The fourth-order valence-corrected chi connectivity index (χ4v) is 3.37. The van der Waals surface area contributed by atoms with Crippen LogP contribution < -0.4 is 16.0 Å². The molecule has 3 aromatic carbocycles. The van der Waals surface area contributed by atoms with Crippen LogP contribution in [0.4, 0.5) is 0 Å². The van der Waals surface area contributed by atoms with E-state index in [2.05, 4.69) is 16.0 Å². The quantitative estimate of drug-likeness (QED) is 0.455. The zero-order chi connectivity index (χ0) is 22.8. The fraction of sp³-hybridized carbons (Fsp3) is 0.240. The van der Waals surface area contributed by atoms with Crippen LogP contribution in [0.5, 0.6) is 0 Å². The number of benzene rings is 3. The normalized spacial score (nSPS) is 11.5. The topological polar surface area (TPSA) is 96.5 Å². The van der Waals surface area contributed by atoms with Gasteiger partial charge in [-0.3, -0.25) is 14.4 Å². The van der Waals surface area contributed by atoms with Crippen LogP contribution in [0.3, 0.4) is 0 Å². The highest BCUT2D eigenvalue weighted by molar-refractivity contribution is 5.91. The Balaban J connectivity index is 1.50.